The summed E-state index contributed by atoms with van der Waals surface area (Å²) in [5.41, 5.74) is -0.0937. The van der Waals surface area contributed by atoms with Crippen LogP contribution in [0.25, 0.3) is 0 Å². The van der Waals surface area contributed by atoms with Crippen LogP contribution in [-0.4, -0.2) is 19.4 Å². The van der Waals surface area contributed by atoms with Crippen molar-refractivity contribution >= 4 is 12.3 Å². The first-order valence-corrected chi connectivity index (χ1v) is 4.79. The highest BCUT2D eigenvalue weighted by Gasteiger charge is 2.80. The van der Waals surface area contributed by atoms with Crippen molar-refractivity contribution in [3.05, 3.63) is 0 Å². The molecule has 4 bridgehead atoms. The van der Waals surface area contributed by atoms with Gasteiger partial charge < -0.3 is 9.53 Å². The van der Waals surface area contributed by atoms with Crippen LogP contribution in [0.2, 0.25) is 0 Å². The third-order valence-electron chi connectivity index (χ3n) is 4.40. The fourth-order valence-corrected chi connectivity index (χ4v) is 3.93. The van der Waals surface area contributed by atoms with Gasteiger partial charge in [0.05, 0.1) is 13.0 Å². The molecule has 0 heterocycles. The smallest absolute Gasteiger partial charge is 0.309 e. The maximum Gasteiger partial charge on any atom is 0.309 e. The van der Waals surface area contributed by atoms with E-state index >= 15 is 0 Å². The van der Waals surface area contributed by atoms with Crippen molar-refractivity contribution in [3.8, 4) is 0 Å². The van der Waals surface area contributed by atoms with E-state index in [1.165, 1.54) is 7.11 Å². The normalized spacial score (nSPS) is 54.8. The van der Waals surface area contributed by atoms with Crippen LogP contribution in [-0.2, 0) is 14.3 Å². The van der Waals surface area contributed by atoms with Crippen LogP contribution in [0.1, 0.15) is 12.8 Å². The van der Waals surface area contributed by atoms with Gasteiger partial charge >= 0.3 is 5.97 Å². The lowest BCUT2D eigenvalue weighted by Crippen LogP contribution is -2.19. The molecule has 0 saturated heterocycles. The zero-order valence-corrected chi connectivity index (χ0v) is 7.53. The van der Waals surface area contributed by atoms with Crippen molar-refractivity contribution in [2.45, 2.75) is 12.8 Å². The Bertz CT molecular complexity index is 299. The van der Waals surface area contributed by atoms with E-state index in [0.717, 1.165) is 19.1 Å². The SMILES string of the molecule is COC(=O)C1C2CC3C1C3(C=O)C2. The van der Waals surface area contributed by atoms with Crippen molar-refractivity contribution < 1.29 is 14.3 Å². The predicted octanol–water partition coefficient (Wildman–Crippen LogP) is 0.630. The number of carbonyl (C=O) groups is 2. The Labute approximate surface area is 76.4 Å². The Balaban J connectivity index is 1.91. The number of carbonyl (C=O) groups excluding carboxylic acids is 2. The van der Waals surface area contributed by atoms with E-state index in [1.807, 2.05) is 0 Å². The average molecular weight is 180 g/mol. The first-order chi connectivity index (χ1) is 6.24. The zero-order valence-electron chi connectivity index (χ0n) is 7.53. The molecular weight excluding hydrogens is 168 g/mol. The maximum atomic E-state index is 11.4. The standard InChI is InChI=1S/C10H12O3/c1-13-9(12)7-5-2-6-8(7)10(6,3-5)4-11/h4-8H,2-3H2,1H3. The van der Waals surface area contributed by atoms with Crippen LogP contribution in [0, 0.1) is 29.1 Å². The van der Waals surface area contributed by atoms with Crippen molar-refractivity contribution in [2.24, 2.45) is 29.1 Å². The van der Waals surface area contributed by atoms with E-state index in [0.29, 0.717) is 17.8 Å². The molecule has 4 aliphatic carbocycles. The molecule has 4 fully saturated rings. The van der Waals surface area contributed by atoms with E-state index in [1.54, 1.807) is 0 Å². The summed E-state index contributed by atoms with van der Waals surface area (Å²) >= 11 is 0. The molecule has 13 heavy (non-hydrogen) atoms. The minimum Gasteiger partial charge on any atom is -0.469 e. The van der Waals surface area contributed by atoms with Gasteiger partial charge in [-0.25, -0.2) is 0 Å². The summed E-state index contributed by atoms with van der Waals surface area (Å²) in [5, 5.41) is 0. The number of aldehydes is 1. The number of ether oxygens (including phenoxy) is 1. The van der Waals surface area contributed by atoms with Crippen LogP contribution >= 0.6 is 0 Å². The summed E-state index contributed by atoms with van der Waals surface area (Å²) in [5.74, 6) is 1.23. The molecule has 0 aromatic carbocycles. The predicted molar refractivity (Wildman–Crippen MR) is 43.7 cm³/mol. The molecule has 0 aromatic heterocycles. The van der Waals surface area contributed by atoms with Crippen LogP contribution in [0.4, 0.5) is 0 Å². The molecular formula is C10H12O3. The summed E-state index contributed by atoms with van der Waals surface area (Å²) in [6.45, 7) is 0. The molecule has 0 N–H and O–H groups in total. The van der Waals surface area contributed by atoms with Gasteiger partial charge in [-0.2, -0.15) is 0 Å². The fraction of sp³-hybridized carbons (Fsp3) is 0.800. The van der Waals surface area contributed by atoms with Crippen molar-refractivity contribution in [1.29, 1.82) is 0 Å². The Morgan fingerprint density at radius 3 is 2.85 bits per heavy atom. The largest absolute Gasteiger partial charge is 0.469 e. The second kappa shape index (κ2) is 1.97. The third kappa shape index (κ3) is 0.607. The first-order valence-electron chi connectivity index (χ1n) is 4.79. The van der Waals surface area contributed by atoms with Gasteiger partial charge in [-0.05, 0) is 30.6 Å². The van der Waals surface area contributed by atoms with Gasteiger partial charge in [0, 0.05) is 5.41 Å². The molecule has 0 aliphatic heterocycles. The van der Waals surface area contributed by atoms with E-state index in [4.69, 9.17) is 4.74 Å². The number of hydrogen-bond donors (Lipinski definition) is 0. The lowest BCUT2D eigenvalue weighted by atomic mass is 9.99. The molecule has 0 amide bonds. The topological polar surface area (TPSA) is 43.4 Å². The van der Waals surface area contributed by atoms with Gasteiger partial charge in [-0.3, -0.25) is 4.79 Å². The number of methoxy groups -OCH3 is 1. The van der Waals surface area contributed by atoms with E-state index in [2.05, 4.69) is 0 Å². The number of hydrogen-bond acceptors (Lipinski definition) is 3. The molecule has 0 radical (unpaired) electrons. The molecule has 4 rings (SSSR count). The lowest BCUT2D eigenvalue weighted by Gasteiger charge is -2.10. The molecule has 3 nitrogen and oxygen atoms in total. The van der Waals surface area contributed by atoms with Gasteiger partial charge in [0.15, 0.2) is 0 Å². The van der Waals surface area contributed by atoms with Crippen LogP contribution in [0.5, 0.6) is 0 Å². The lowest BCUT2D eigenvalue weighted by molar-refractivity contribution is -0.146. The minimum absolute atomic E-state index is 0.0419. The maximum absolute atomic E-state index is 11.4. The highest BCUT2D eigenvalue weighted by Crippen LogP contribution is 2.80. The van der Waals surface area contributed by atoms with E-state index < -0.39 is 0 Å². The molecule has 0 aromatic rings. The number of rotatable bonds is 2. The minimum atomic E-state index is -0.0984. The Morgan fingerprint density at radius 1 is 1.62 bits per heavy atom. The van der Waals surface area contributed by atoms with Crippen molar-refractivity contribution in [3.63, 3.8) is 0 Å². The number of esters is 1. The quantitative estimate of drug-likeness (QED) is 0.462. The van der Waals surface area contributed by atoms with Crippen molar-refractivity contribution in [2.75, 3.05) is 7.11 Å². The highest BCUT2D eigenvalue weighted by molar-refractivity contribution is 5.80. The fourth-order valence-electron chi connectivity index (χ4n) is 3.93. The molecule has 5 unspecified atom stereocenters. The Hall–Kier alpha value is -0.860. The van der Waals surface area contributed by atoms with Gasteiger partial charge in [-0.15, -0.1) is 0 Å². The Morgan fingerprint density at radius 2 is 2.38 bits per heavy atom. The second-order valence-corrected chi connectivity index (χ2v) is 4.61. The molecule has 5 atom stereocenters. The summed E-state index contributed by atoms with van der Waals surface area (Å²) in [6.07, 6.45) is 3.10. The van der Waals surface area contributed by atoms with Crippen molar-refractivity contribution in [1.82, 2.24) is 0 Å². The summed E-state index contributed by atoms with van der Waals surface area (Å²) in [4.78, 5) is 22.3. The zero-order chi connectivity index (χ0) is 9.22. The molecule has 3 heteroatoms. The molecule has 4 aliphatic rings. The third-order valence-corrected chi connectivity index (χ3v) is 4.40. The Kier molecular flexibility index (Phi) is 1.14. The first kappa shape index (κ1) is 7.54. The second-order valence-electron chi connectivity index (χ2n) is 4.61. The van der Waals surface area contributed by atoms with Crippen LogP contribution < -0.4 is 0 Å². The summed E-state index contributed by atoms with van der Waals surface area (Å²) in [6, 6.07) is 0. The summed E-state index contributed by atoms with van der Waals surface area (Å²) in [7, 11) is 1.43. The average Bonchev–Trinajstić information content (AvgIpc) is 2.62. The molecule has 70 valence electrons. The van der Waals surface area contributed by atoms with Crippen LogP contribution in [0.3, 0.4) is 0 Å². The molecule has 0 spiro atoms. The van der Waals surface area contributed by atoms with Gasteiger partial charge in [0.2, 0.25) is 0 Å². The van der Waals surface area contributed by atoms with Gasteiger partial charge in [0.25, 0.3) is 0 Å². The van der Waals surface area contributed by atoms with Gasteiger partial charge in [-0.1, -0.05) is 0 Å². The van der Waals surface area contributed by atoms with Crippen LogP contribution in [0.15, 0.2) is 0 Å². The van der Waals surface area contributed by atoms with Gasteiger partial charge in [0.1, 0.15) is 6.29 Å². The molecule has 4 saturated carbocycles. The summed E-state index contributed by atoms with van der Waals surface area (Å²) < 4.78 is 4.76. The monoisotopic (exact) mass is 180 g/mol. The highest BCUT2D eigenvalue weighted by atomic mass is 16.5. The van der Waals surface area contributed by atoms with E-state index in [-0.39, 0.29) is 17.3 Å². The van der Waals surface area contributed by atoms with E-state index in [9.17, 15) is 9.59 Å².